The number of likely N-dealkylation sites (N-methyl/N-ethyl adjacent to an activating group) is 2. The summed E-state index contributed by atoms with van der Waals surface area (Å²) < 4.78 is 29.1. The van der Waals surface area contributed by atoms with Crippen LogP contribution >= 0.6 is 0 Å². The van der Waals surface area contributed by atoms with E-state index in [1.807, 2.05) is 52.9 Å². The van der Waals surface area contributed by atoms with Gasteiger partial charge in [0.05, 0.1) is 7.11 Å². The SMILES string of the molecule is C=C.CC.CCOC1(N(C)C)Oc2cc3c(cc2C(c2cc(O)c(O)c(OC)c2)C1NC)OCO3. The summed E-state index contributed by atoms with van der Waals surface area (Å²) >= 11 is 0. The number of hydrogen-bond acceptors (Lipinski definition) is 9. The lowest BCUT2D eigenvalue weighted by molar-refractivity contribution is -0.283. The molecule has 35 heavy (non-hydrogen) atoms. The van der Waals surface area contributed by atoms with Crippen LogP contribution in [0.1, 0.15) is 37.8 Å². The molecule has 0 spiro atoms. The van der Waals surface area contributed by atoms with Crippen LogP contribution in [0.25, 0.3) is 0 Å². The molecule has 3 atom stereocenters. The van der Waals surface area contributed by atoms with Crippen LogP contribution in [0.5, 0.6) is 34.5 Å². The molecular weight excluding hydrogens is 452 g/mol. The molecule has 0 amide bonds. The van der Waals surface area contributed by atoms with Gasteiger partial charge in [-0.3, -0.25) is 0 Å². The van der Waals surface area contributed by atoms with Crippen molar-refractivity contribution in [3.8, 4) is 34.5 Å². The topological polar surface area (TPSA) is 102 Å². The van der Waals surface area contributed by atoms with E-state index >= 15 is 0 Å². The number of nitrogens with one attached hydrogen (secondary N) is 1. The predicted molar refractivity (Wildman–Crippen MR) is 135 cm³/mol. The number of nitrogens with zero attached hydrogens (tertiary/aromatic N) is 1. The number of rotatable bonds is 6. The largest absolute Gasteiger partial charge is 0.504 e. The average molecular weight is 491 g/mol. The molecule has 9 heteroatoms. The summed E-state index contributed by atoms with van der Waals surface area (Å²) in [5, 5.41) is 23.9. The first-order valence-corrected chi connectivity index (χ1v) is 11.6. The van der Waals surface area contributed by atoms with Crippen LogP contribution in [0.4, 0.5) is 0 Å². The fraction of sp³-hybridized carbons (Fsp3) is 0.462. The normalized spacial score (nSPS) is 21.6. The number of ether oxygens (including phenoxy) is 5. The van der Waals surface area contributed by atoms with Gasteiger partial charge >= 0.3 is 0 Å². The summed E-state index contributed by atoms with van der Waals surface area (Å²) in [5.41, 5.74) is 1.54. The minimum Gasteiger partial charge on any atom is -0.504 e. The Kier molecular flexibility index (Phi) is 9.64. The van der Waals surface area contributed by atoms with Crippen LogP contribution in [0.2, 0.25) is 0 Å². The van der Waals surface area contributed by atoms with Gasteiger partial charge in [0.25, 0.3) is 5.91 Å². The van der Waals surface area contributed by atoms with Crippen LogP contribution in [-0.4, -0.2) is 68.7 Å². The number of aromatic hydroxyl groups is 2. The lowest BCUT2D eigenvalue weighted by Gasteiger charge is -2.50. The van der Waals surface area contributed by atoms with Crippen LogP contribution in [0.3, 0.4) is 0 Å². The number of phenols is 2. The molecule has 0 saturated heterocycles. The first-order chi connectivity index (χ1) is 16.9. The van der Waals surface area contributed by atoms with Crippen molar-refractivity contribution >= 4 is 0 Å². The lowest BCUT2D eigenvalue weighted by Crippen LogP contribution is -2.67. The Morgan fingerprint density at radius 2 is 1.71 bits per heavy atom. The van der Waals surface area contributed by atoms with Gasteiger partial charge in [-0.2, -0.15) is 0 Å². The van der Waals surface area contributed by atoms with Gasteiger partial charge in [-0.15, -0.1) is 13.2 Å². The Labute approximate surface area is 207 Å². The van der Waals surface area contributed by atoms with Crippen LogP contribution in [0, 0.1) is 0 Å². The zero-order valence-corrected chi connectivity index (χ0v) is 21.7. The van der Waals surface area contributed by atoms with E-state index in [-0.39, 0.29) is 30.0 Å². The molecule has 194 valence electrons. The Morgan fingerprint density at radius 3 is 2.26 bits per heavy atom. The Bertz CT molecular complexity index is 998. The van der Waals surface area contributed by atoms with Crippen LogP contribution in [-0.2, 0) is 4.74 Å². The van der Waals surface area contributed by atoms with E-state index in [1.54, 1.807) is 12.1 Å². The van der Waals surface area contributed by atoms with Gasteiger partial charge in [-0.05, 0) is 51.8 Å². The highest BCUT2D eigenvalue weighted by Gasteiger charge is 2.53. The average Bonchev–Trinajstić information content (AvgIpc) is 3.33. The van der Waals surface area contributed by atoms with E-state index < -0.39 is 12.0 Å². The summed E-state index contributed by atoms with van der Waals surface area (Å²) in [6, 6.07) is 6.51. The van der Waals surface area contributed by atoms with Gasteiger partial charge in [-0.25, -0.2) is 4.90 Å². The molecule has 2 aliphatic heterocycles. The zero-order chi connectivity index (χ0) is 26.3. The van der Waals surface area contributed by atoms with E-state index in [0.717, 1.165) is 5.56 Å². The smallest absolute Gasteiger partial charge is 0.289 e. The molecule has 3 unspecified atom stereocenters. The van der Waals surface area contributed by atoms with E-state index in [1.165, 1.54) is 13.2 Å². The Balaban J connectivity index is 0.00000103. The molecule has 0 radical (unpaired) electrons. The lowest BCUT2D eigenvalue weighted by atomic mass is 9.80. The van der Waals surface area contributed by atoms with Gasteiger partial charge in [-0.1, -0.05) is 13.8 Å². The second-order valence-corrected chi connectivity index (χ2v) is 7.64. The fourth-order valence-corrected chi connectivity index (χ4v) is 4.38. The molecule has 2 aliphatic rings. The molecule has 9 nitrogen and oxygen atoms in total. The summed E-state index contributed by atoms with van der Waals surface area (Å²) in [5.74, 6) is -0.131. The third kappa shape index (κ3) is 4.98. The predicted octanol–water partition coefficient (Wildman–Crippen LogP) is 4.03. The van der Waals surface area contributed by atoms with Gasteiger partial charge < -0.3 is 39.2 Å². The van der Waals surface area contributed by atoms with E-state index in [9.17, 15) is 10.2 Å². The summed E-state index contributed by atoms with van der Waals surface area (Å²) in [7, 11) is 7.02. The van der Waals surface area contributed by atoms with Crippen molar-refractivity contribution in [3.63, 3.8) is 0 Å². The molecule has 2 heterocycles. The van der Waals surface area contributed by atoms with E-state index in [0.29, 0.717) is 29.4 Å². The number of methoxy groups -OCH3 is 1. The standard InChI is InChI=1S/C22H28N2O7.C2H6.C2H4/c1-6-30-22(24(3)4)21(23-2)19(12-7-14(25)20(26)18(8-12)27-5)13-9-16-17(29-11-28-16)10-15(13)31-22;2*1-2/h7-10,19,21,23,25-26H,6,11H2,1-5H3;1-2H3;1-2H2. The summed E-state index contributed by atoms with van der Waals surface area (Å²) in [6.45, 7) is 12.4. The molecule has 0 aliphatic carbocycles. The number of phenolic OH excluding ortho intramolecular Hbond substituents is 2. The molecule has 0 fully saturated rings. The number of hydrogen-bond donors (Lipinski definition) is 3. The van der Waals surface area contributed by atoms with Crippen LogP contribution < -0.4 is 24.3 Å². The van der Waals surface area contributed by atoms with E-state index in [2.05, 4.69) is 18.5 Å². The van der Waals surface area contributed by atoms with Crippen molar-refractivity contribution in [1.82, 2.24) is 10.2 Å². The van der Waals surface area contributed by atoms with Gasteiger partial charge in [0, 0.05) is 24.2 Å². The summed E-state index contributed by atoms with van der Waals surface area (Å²) in [4.78, 5) is 1.87. The maximum Gasteiger partial charge on any atom is 0.289 e. The maximum atomic E-state index is 10.4. The fourth-order valence-electron chi connectivity index (χ4n) is 4.38. The summed E-state index contributed by atoms with van der Waals surface area (Å²) in [6.07, 6.45) is 0. The monoisotopic (exact) mass is 490 g/mol. The molecule has 0 bridgehead atoms. The van der Waals surface area contributed by atoms with Crippen molar-refractivity contribution in [3.05, 3.63) is 48.6 Å². The second-order valence-electron chi connectivity index (χ2n) is 7.64. The van der Waals surface area contributed by atoms with Crippen LogP contribution in [0.15, 0.2) is 37.4 Å². The van der Waals surface area contributed by atoms with Gasteiger partial charge in [0.2, 0.25) is 12.5 Å². The Hall–Kier alpha value is -3.14. The molecule has 2 aromatic carbocycles. The molecule has 4 rings (SSSR count). The van der Waals surface area contributed by atoms with Crippen molar-refractivity contribution in [2.24, 2.45) is 0 Å². The van der Waals surface area contributed by atoms with Gasteiger partial charge in [0.15, 0.2) is 23.0 Å². The highest BCUT2D eigenvalue weighted by Crippen LogP contribution is 2.52. The number of fused-ring (bicyclic) bond motifs is 2. The quantitative estimate of drug-likeness (QED) is 0.315. The first kappa shape index (κ1) is 28.1. The molecule has 0 saturated carbocycles. The zero-order valence-electron chi connectivity index (χ0n) is 21.7. The maximum absolute atomic E-state index is 10.4. The Morgan fingerprint density at radius 1 is 1.09 bits per heavy atom. The minimum absolute atomic E-state index is 0.135. The van der Waals surface area contributed by atoms with Crippen molar-refractivity contribution in [2.75, 3.05) is 41.7 Å². The molecular formula is C26H38N2O7. The third-order valence-corrected chi connectivity index (χ3v) is 5.76. The highest BCUT2D eigenvalue weighted by molar-refractivity contribution is 5.60. The third-order valence-electron chi connectivity index (χ3n) is 5.76. The van der Waals surface area contributed by atoms with Crippen molar-refractivity contribution < 1.29 is 33.9 Å². The molecule has 0 aromatic heterocycles. The van der Waals surface area contributed by atoms with Crippen molar-refractivity contribution in [1.29, 1.82) is 0 Å². The highest BCUT2D eigenvalue weighted by atomic mass is 16.7. The van der Waals surface area contributed by atoms with Gasteiger partial charge in [0.1, 0.15) is 11.8 Å². The minimum atomic E-state index is -1.16. The van der Waals surface area contributed by atoms with Crippen molar-refractivity contribution in [2.45, 2.75) is 38.6 Å². The molecule has 2 aromatic rings. The van der Waals surface area contributed by atoms with E-state index in [4.69, 9.17) is 23.7 Å². The molecule has 3 N–H and O–H groups in total. The second kappa shape index (κ2) is 12.0. The number of benzene rings is 2. The first-order valence-electron chi connectivity index (χ1n) is 11.6.